The van der Waals surface area contributed by atoms with E-state index >= 15 is 0 Å². The first kappa shape index (κ1) is 55.7. The van der Waals surface area contributed by atoms with E-state index in [0.717, 1.165) is 0 Å². The van der Waals surface area contributed by atoms with E-state index in [-0.39, 0.29) is 57.6 Å². The molecule has 16 N–H and O–H groups in total. The van der Waals surface area contributed by atoms with Gasteiger partial charge in [-0.05, 0) is 44.1 Å². The molecule has 1 saturated heterocycles. The second-order valence-corrected chi connectivity index (χ2v) is 17.3. The molecule has 26 nitrogen and oxygen atoms in total. The van der Waals surface area contributed by atoms with Crippen molar-refractivity contribution in [2.24, 2.45) is 28.1 Å². The van der Waals surface area contributed by atoms with Crippen LogP contribution < -0.4 is 49.1 Å². The highest BCUT2D eigenvalue weighted by molar-refractivity contribution is 5.98. The van der Waals surface area contributed by atoms with Gasteiger partial charge in [0.1, 0.15) is 42.3 Å². The Balaban J connectivity index is 1.49. The standard InChI is InChI=1S/C45H65N15O11/c1-4-24(2)36(42(68)57-32(18-28-21-50-23-53-28)43(69)60-15-9-13-34(60)41(67)58-33(44(70)71)16-26-10-6-5-7-11-26)59-37(63)25(3)54-40(66)31(17-27-20-49-22-52-27)56-39(65)30(12-8-14-51-45(47)48)55-38(64)29(46)19-35(61)62/h5-7,10-11,20-25,29-34,36H,4,8-9,12-19,46H2,1-3H3,(H,49,52)(H,50,53)(H,54,66)(H,55,64)(H,56,65)(H,57,68)(H,58,67)(H,59,63)(H,61,62)(H,70,71)(H4,47,48,51)/t24-,25-,29-,30-,31-,32-,33-,34-,36-/m0/s1. The van der Waals surface area contributed by atoms with Gasteiger partial charge >= 0.3 is 11.9 Å². The molecule has 0 bridgehead atoms. The van der Waals surface area contributed by atoms with E-state index in [0.29, 0.717) is 29.8 Å². The van der Waals surface area contributed by atoms with Crippen LogP contribution in [0.1, 0.15) is 76.2 Å². The fraction of sp³-hybridized carbons (Fsp3) is 0.511. The normalized spacial score (nSPS) is 16.6. The Hall–Kier alpha value is -7.90. The Morgan fingerprint density at radius 2 is 1.37 bits per heavy atom. The number of rotatable bonds is 28. The molecule has 0 aliphatic carbocycles. The van der Waals surface area contributed by atoms with Crippen LogP contribution in [-0.4, -0.2) is 156 Å². The lowest BCUT2D eigenvalue weighted by molar-refractivity contribution is -0.145. The Bertz CT molecular complexity index is 2310. The molecule has 26 heteroatoms. The zero-order valence-electron chi connectivity index (χ0n) is 39.8. The number of benzene rings is 1. The number of nitrogens with zero attached hydrogens (tertiary/aromatic N) is 4. The van der Waals surface area contributed by atoms with Crippen LogP contribution in [0.25, 0.3) is 0 Å². The number of hydrogen-bond acceptors (Lipinski definition) is 13. The number of imidazole rings is 2. The van der Waals surface area contributed by atoms with Gasteiger partial charge in [-0.3, -0.25) is 43.3 Å². The molecule has 3 heterocycles. The molecule has 1 aromatic carbocycles. The first-order valence-corrected chi connectivity index (χ1v) is 23.1. The molecule has 1 aliphatic rings. The van der Waals surface area contributed by atoms with Gasteiger partial charge in [-0.1, -0.05) is 50.6 Å². The number of aromatic nitrogens is 4. The molecule has 0 unspecified atom stereocenters. The lowest BCUT2D eigenvalue weighted by Crippen LogP contribution is -2.61. The number of H-pyrrole nitrogens is 2. The number of carboxylic acid groups (broad SMARTS) is 2. The second kappa shape index (κ2) is 27.3. The van der Waals surface area contributed by atoms with Crippen LogP contribution in [-0.2, 0) is 62.4 Å². The van der Waals surface area contributed by atoms with Crippen LogP contribution in [0, 0.1) is 5.92 Å². The van der Waals surface area contributed by atoms with Crippen molar-refractivity contribution in [3.63, 3.8) is 0 Å². The summed E-state index contributed by atoms with van der Waals surface area (Å²) < 4.78 is 0. The van der Waals surface area contributed by atoms with Crippen molar-refractivity contribution >= 4 is 59.2 Å². The highest BCUT2D eigenvalue weighted by Crippen LogP contribution is 2.21. The van der Waals surface area contributed by atoms with Gasteiger partial charge in [0.25, 0.3) is 0 Å². The van der Waals surface area contributed by atoms with Crippen LogP contribution in [0.2, 0.25) is 0 Å². The lowest BCUT2D eigenvalue weighted by atomic mass is 9.97. The molecule has 3 aromatic rings. The van der Waals surface area contributed by atoms with E-state index in [1.165, 1.54) is 36.9 Å². The van der Waals surface area contributed by atoms with Crippen LogP contribution in [0.15, 0.2) is 60.4 Å². The molecule has 4 rings (SSSR count). The third kappa shape index (κ3) is 17.5. The zero-order valence-corrected chi connectivity index (χ0v) is 39.8. The summed E-state index contributed by atoms with van der Waals surface area (Å²) in [4.78, 5) is 139. The molecule has 2 aromatic heterocycles. The number of hydrogen-bond donors (Lipinski definition) is 13. The molecular formula is C45H65N15O11. The van der Waals surface area contributed by atoms with Gasteiger partial charge in [-0.25, -0.2) is 14.8 Å². The SMILES string of the molecule is CC[C@H](C)[C@H](NC(=O)[C@H](C)NC(=O)[C@H](Cc1cnc[nH]1)NC(=O)[C@H](CCCN=C(N)N)NC(=O)[C@@H](N)CC(=O)O)C(=O)N[C@@H](Cc1cnc[nH]1)C(=O)N1CCC[C@H]1C(=O)N[C@@H](Cc1ccccc1)C(=O)O. The predicted molar refractivity (Wildman–Crippen MR) is 254 cm³/mol. The second-order valence-electron chi connectivity index (χ2n) is 17.3. The maximum atomic E-state index is 14.4. The molecule has 1 fully saturated rings. The smallest absolute Gasteiger partial charge is 0.326 e. The van der Waals surface area contributed by atoms with Gasteiger partial charge in [-0.15, -0.1) is 0 Å². The summed E-state index contributed by atoms with van der Waals surface area (Å²) in [6, 6.07) is -1.66. The van der Waals surface area contributed by atoms with E-state index in [9.17, 15) is 48.3 Å². The fourth-order valence-electron chi connectivity index (χ4n) is 7.69. The van der Waals surface area contributed by atoms with Gasteiger partial charge in [0.2, 0.25) is 41.4 Å². The number of amides is 7. The summed E-state index contributed by atoms with van der Waals surface area (Å²) in [5.74, 6) is -8.84. The van der Waals surface area contributed by atoms with Crippen molar-refractivity contribution in [2.75, 3.05) is 13.1 Å². The molecule has 0 radical (unpaired) electrons. The highest BCUT2D eigenvalue weighted by Gasteiger charge is 2.40. The molecule has 71 heavy (non-hydrogen) atoms. The molecule has 9 atom stereocenters. The van der Waals surface area contributed by atoms with Gasteiger partial charge in [0.05, 0.1) is 25.1 Å². The Kier molecular flexibility index (Phi) is 21.4. The average Bonchev–Trinajstić information content (AvgIpc) is 4.15. The molecular weight excluding hydrogens is 927 g/mol. The maximum Gasteiger partial charge on any atom is 0.326 e. The first-order valence-electron chi connectivity index (χ1n) is 23.1. The average molecular weight is 992 g/mol. The summed E-state index contributed by atoms with van der Waals surface area (Å²) in [5.41, 5.74) is 18.1. The molecule has 0 spiro atoms. The number of aromatic amines is 2. The number of nitrogens with two attached hydrogens (primary N) is 3. The molecule has 0 saturated carbocycles. The van der Waals surface area contributed by atoms with Crippen molar-refractivity contribution in [3.05, 3.63) is 72.3 Å². The third-order valence-corrected chi connectivity index (χ3v) is 11.8. The summed E-state index contributed by atoms with van der Waals surface area (Å²) in [7, 11) is 0. The number of guanidine groups is 1. The number of likely N-dealkylation sites (tertiary alicyclic amines) is 1. The van der Waals surface area contributed by atoms with Crippen molar-refractivity contribution in [1.29, 1.82) is 0 Å². The van der Waals surface area contributed by atoms with Crippen molar-refractivity contribution in [1.82, 2.24) is 56.7 Å². The fourth-order valence-corrected chi connectivity index (χ4v) is 7.69. The van der Waals surface area contributed by atoms with Crippen molar-refractivity contribution in [3.8, 4) is 0 Å². The van der Waals surface area contributed by atoms with Crippen molar-refractivity contribution in [2.45, 2.75) is 127 Å². The summed E-state index contributed by atoms with van der Waals surface area (Å²) in [5, 5.41) is 34.7. The number of carbonyl (C=O) groups excluding carboxylic acids is 7. The quantitative estimate of drug-likeness (QED) is 0.0197. The van der Waals surface area contributed by atoms with Gasteiger partial charge in [-0.2, -0.15) is 0 Å². The maximum absolute atomic E-state index is 14.4. The first-order chi connectivity index (χ1) is 33.8. The third-order valence-electron chi connectivity index (χ3n) is 11.8. The summed E-state index contributed by atoms with van der Waals surface area (Å²) >= 11 is 0. The van der Waals surface area contributed by atoms with E-state index in [1.54, 1.807) is 44.2 Å². The summed E-state index contributed by atoms with van der Waals surface area (Å²) in [6.07, 6.45) is 5.77. The Morgan fingerprint density at radius 1 is 0.761 bits per heavy atom. The van der Waals surface area contributed by atoms with Crippen molar-refractivity contribution < 1.29 is 53.4 Å². The van der Waals surface area contributed by atoms with E-state index in [1.807, 2.05) is 0 Å². The minimum atomic E-state index is -1.51. The highest BCUT2D eigenvalue weighted by atomic mass is 16.4. The van der Waals surface area contributed by atoms with Gasteiger partial charge in [0, 0.05) is 56.1 Å². The molecule has 7 amide bonds. The lowest BCUT2D eigenvalue weighted by Gasteiger charge is -2.31. The Labute approximate surface area is 408 Å². The number of aliphatic carboxylic acids is 2. The predicted octanol–water partition coefficient (Wildman–Crippen LogP) is -2.93. The van der Waals surface area contributed by atoms with E-state index < -0.39 is 114 Å². The van der Waals surface area contributed by atoms with Gasteiger partial charge < -0.3 is 74.2 Å². The molecule has 386 valence electrons. The zero-order chi connectivity index (χ0) is 52.2. The monoisotopic (exact) mass is 991 g/mol. The largest absolute Gasteiger partial charge is 0.481 e. The number of aliphatic imine (C=N–C) groups is 1. The minimum Gasteiger partial charge on any atom is -0.481 e. The molecule has 1 aliphatic heterocycles. The van der Waals surface area contributed by atoms with Gasteiger partial charge in [0.15, 0.2) is 5.96 Å². The Morgan fingerprint density at radius 3 is 1.94 bits per heavy atom. The van der Waals surface area contributed by atoms with E-state index in [2.05, 4.69) is 56.8 Å². The number of nitrogens with one attached hydrogen (secondary N) is 8. The van der Waals surface area contributed by atoms with Crippen LogP contribution in [0.5, 0.6) is 0 Å². The van der Waals surface area contributed by atoms with Crippen LogP contribution in [0.4, 0.5) is 0 Å². The number of carboxylic acids is 2. The summed E-state index contributed by atoms with van der Waals surface area (Å²) in [6.45, 7) is 5.04. The van der Waals surface area contributed by atoms with E-state index in [4.69, 9.17) is 22.3 Å². The number of carbonyl (C=O) groups is 9. The van der Waals surface area contributed by atoms with Crippen LogP contribution >= 0.6 is 0 Å². The minimum absolute atomic E-state index is 0.00809. The van der Waals surface area contributed by atoms with Crippen LogP contribution in [0.3, 0.4) is 0 Å². The topological polar surface area (TPSA) is 417 Å².